The van der Waals surface area contributed by atoms with Crippen LogP contribution in [0.2, 0.25) is 0 Å². The van der Waals surface area contributed by atoms with Gasteiger partial charge in [0, 0.05) is 36.9 Å². The summed E-state index contributed by atoms with van der Waals surface area (Å²) < 4.78 is 5.91. The van der Waals surface area contributed by atoms with Crippen molar-refractivity contribution in [2.75, 3.05) is 19.7 Å². The maximum atomic E-state index is 5.91. The summed E-state index contributed by atoms with van der Waals surface area (Å²) in [6.07, 6.45) is 7.99. The van der Waals surface area contributed by atoms with Crippen LogP contribution >= 0.6 is 0 Å². The number of pyridine rings is 2. The monoisotopic (exact) mass is 297 g/mol. The van der Waals surface area contributed by atoms with Crippen LogP contribution in [0.1, 0.15) is 24.1 Å². The van der Waals surface area contributed by atoms with Gasteiger partial charge in [-0.2, -0.15) is 0 Å². The van der Waals surface area contributed by atoms with Crippen molar-refractivity contribution in [1.29, 1.82) is 0 Å². The zero-order valence-electron chi connectivity index (χ0n) is 13.1. The van der Waals surface area contributed by atoms with Gasteiger partial charge in [0.05, 0.1) is 6.61 Å². The lowest BCUT2D eigenvalue weighted by molar-refractivity contribution is 0.136. The van der Waals surface area contributed by atoms with Crippen LogP contribution in [0.25, 0.3) is 0 Å². The zero-order valence-corrected chi connectivity index (χ0v) is 13.1. The van der Waals surface area contributed by atoms with Gasteiger partial charge in [-0.05, 0) is 56.5 Å². The molecule has 0 aliphatic carbocycles. The normalized spacial score (nSPS) is 16.6. The largest absolute Gasteiger partial charge is 0.493 e. The van der Waals surface area contributed by atoms with Crippen LogP contribution in [0.5, 0.6) is 5.75 Å². The summed E-state index contributed by atoms with van der Waals surface area (Å²) in [4.78, 5) is 10.9. The minimum atomic E-state index is 0.651. The third-order valence-corrected chi connectivity index (χ3v) is 4.19. The molecule has 4 nitrogen and oxygen atoms in total. The average molecular weight is 297 g/mol. The molecular formula is C18H23N3O. The molecule has 0 radical (unpaired) electrons. The molecule has 3 heterocycles. The fourth-order valence-electron chi connectivity index (χ4n) is 2.88. The summed E-state index contributed by atoms with van der Waals surface area (Å²) in [7, 11) is 0. The van der Waals surface area contributed by atoms with E-state index in [4.69, 9.17) is 4.74 Å². The third kappa shape index (κ3) is 4.28. The van der Waals surface area contributed by atoms with Crippen molar-refractivity contribution in [3.05, 3.63) is 54.1 Å². The summed E-state index contributed by atoms with van der Waals surface area (Å²) in [5.41, 5.74) is 2.30. The van der Waals surface area contributed by atoms with E-state index in [0.717, 1.165) is 37.7 Å². The predicted molar refractivity (Wildman–Crippen MR) is 86.7 cm³/mol. The molecule has 0 spiro atoms. The van der Waals surface area contributed by atoms with E-state index in [1.54, 1.807) is 6.20 Å². The van der Waals surface area contributed by atoms with Gasteiger partial charge in [-0.3, -0.25) is 14.9 Å². The summed E-state index contributed by atoms with van der Waals surface area (Å²) >= 11 is 0. The van der Waals surface area contributed by atoms with Crippen LogP contribution in [-0.4, -0.2) is 34.6 Å². The quantitative estimate of drug-likeness (QED) is 0.850. The summed E-state index contributed by atoms with van der Waals surface area (Å²) in [6.45, 7) is 6.08. The van der Waals surface area contributed by atoms with E-state index in [1.165, 1.54) is 18.4 Å². The number of ether oxygens (including phenoxy) is 1. The van der Waals surface area contributed by atoms with Crippen LogP contribution in [0, 0.1) is 12.8 Å². The fraction of sp³-hybridized carbons (Fsp3) is 0.444. The van der Waals surface area contributed by atoms with Crippen molar-refractivity contribution in [2.45, 2.75) is 26.3 Å². The van der Waals surface area contributed by atoms with E-state index in [1.807, 2.05) is 37.5 Å². The van der Waals surface area contributed by atoms with Crippen LogP contribution in [0.3, 0.4) is 0 Å². The zero-order chi connectivity index (χ0) is 15.2. The van der Waals surface area contributed by atoms with Crippen molar-refractivity contribution in [2.24, 2.45) is 5.92 Å². The molecule has 0 N–H and O–H groups in total. The molecule has 3 rings (SSSR count). The number of nitrogens with zero attached hydrogens (tertiary/aromatic N) is 3. The van der Waals surface area contributed by atoms with Crippen LogP contribution in [-0.2, 0) is 6.54 Å². The second-order valence-corrected chi connectivity index (χ2v) is 6.02. The van der Waals surface area contributed by atoms with E-state index < -0.39 is 0 Å². The van der Waals surface area contributed by atoms with E-state index in [-0.39, 0.29) is 0 Å². The summed E-state index contributed by atoms with van der Waals surface area (Å²) in [5.74, 6) is 1.59. The molecule has 1 saturated heterocycles. The van der Waals surface area contributed by atoms with Gasteiger partial charge in [-0.25, -0.2) is 0 Å². The second-order valence-electron chi connectivity index (χ2n) is 6.02. The maximum absolute atomic E-state index is 5.91. The number of rotatable bonds is 5. The smallest absolute Gasteiger partial charge is 0.122 e. The summed E-state index contributed by atoms with van der Waals surface area (Å²) in [5, 5.41) is 0. The second kappa shape index (κ2) is 7.36. The van der Waals surface area contributed by atoms with Crippen molar-refractivity contribution >= 4 is 0 Å². The number of piperidine rings is 1. The Labute approximate surface area is 132 Å². The first-order valence-corrected chi connectivity index (χ1v) is 7.96. The Balaban J connectivity index is 1.42. The molecule has 0 saturated carbocycles. The Morgan fingerprint density at radius 1 is 1.23 bits per heavy atom. The van der Waals surface area contributed by atoms with Crippen LogP contribution in [0.4, 0.5) is 0 Å². The van der Waals surface area contributed by atoms with Gasteiger partial charge >= 0.3 is 0 Å². The highest BCUT2D eigenvalue weighted by Gasteiger charge is 2.19. The lowest BCUT2D eigenvalue weighted by Gasteiger charge is -2.31. The SMILES string of the molecule is Cc1cc(OCC2CCN(Cc3cccnc3)CC2)ccn1. The van der Waals surface area contributed by atoms with E-state index in [0.29, 0.717) is 5.92 Å². The molecular weight excluding hydrogens is 274 g/mol. The molecule has 116 valence electrons. The molecule has 0 aromatic carbocycles. The van der Waals surface area contributed by atoms with Crippen molar-refractivity contribution in [3.8, 4) is 5.75 Å². The highest BCUT2D eigenvalue weighted by atomic mass is 16.5. The van der Waals surface area contributed by atoms with Gasteiger partial charge in [-0.1, -0.05) is 6.07 Å². The highest BCUT2D eigenvalue weighted by molar-refractivity contribution is 5.21. The molecule has 1 aliphatic rings. The highest BCUT2D eigenvalue weighted by Crippen LogP contribution is 2.20. The molecule has 0 unspecified atom stereocenters. The topological polar surface area (TPSA) is 38.2 Å². The van der Waals surface area contributed by atoms with Gasteiger partial charge < -0.3 is 4.74 Å². The van der Waals surface area contributed by atoms with Gasteiger partial charge in [0.25, 0.3) is 0 Å². The Morgan fingerprint density at radius 3 is 2.82 bits per heavy atom. The van der Waals surface area contributed by atoms with E-state index in [9.17, 15) is 0 Å². The molecule has 0 atom stereocenters. The number of aromatic nitrogens is 2. The third-order valence-electron chi connectivity index (χ3n) is 4.19. The standard InChI is InChI=1S/C18H23N3O/c1-15-11-18(4-8-20-15)22-14-16-5-9-21(10-6-16)13-17-3-2-7-19-12-17/h2-4,7-8,11-12,16H,5-6,9-10,13-14H2,1H3. The minimum absolute atomic E-state index is 0.651. The van der Waals surface area contributed by atoms with Crippen molar-refractivity contribution < 1.29 is 4.74 Å². The number of hydrogen-bond donors (Lipinski definition) is 0. The molecule has 2 aromatic rings. The Hall–Kier alpha value is -1.94. The Bertz CT molecular complexity index is 580. The predicted octanol–water partition coefficient (Wildman–Crippen LogP) is 3.08. The molecule has 4 heteroatoms. The van der Waals surface area contributed by atoms with E-state index in [2.05, 4.69) is 20.9 Å². The van der Waals surface area contributed by atoms with Gasteiger partial charge in [-0.15, -0.1) is 0 Å². The Morgan fingerprint density at radius 2 is 2.09 bits per heavy atom. The average Bonchev–Trinajstić information content (AvgIpc) is 2.55. The number of hydrogen-bond acceptors (Lipinski definition) is 4. The first-order chi connectivity index (χ1) is 10.8. The van der Waals surface area contributed by atoms with Gasteiger partial charge in [0.1, 0.15) is 5.75 Å². The summed E-state index contributed by atoms with van der Waals surface area (Å²) in [6, 6.07) is 8.09. The molecule has 2 aromatic heterocycles. The Kier molecular flexibility index (Phi) is 5.01. The van der Waals surface area contributed by atoms with Crippen molar-refractivity contribution in [1.82, 2.24) is 14.9 Å². The molecule has 0 amide bonds. The number of aryl methyl sites for hydroxylation is 1. The molecule has 0 bridgehead atoms. The maximum Gasteiger partial charge on any atom is 0.122 e. The lowest BCUT2D eigenvalue weighted by Crippen LogP contribution is -2.35. The fourth-order valence-corrected chi connectivity index (χ4v) is 2.88. The minimum Gasteiger partial charge on any atom is -0.493 e. The molecule has 1 fully saturated rings. The van der Waals surface area contributed by atoms with Gasteiger partial charge in [0.2, 0.25) is 0 Å². The number of likely N-dealkylation sites (tertiary alicyclic amines) is 1. The van der Waals surface area contributed by atoms with Crippen LogP contribution in [0.15, 0.2) is 42.9 Å². The van der Waals surface area contributed by atoms with E-state index >= 15 is 0 Å². The molecule has 22 heavy (non-hydrogen) atoms. The van der Waals surface area contributed by atoms with Gasteiger partial charge in [0.15, 0.2) is 0 Å². The first-order valence-electron chi connectivity index (χ1n) is 7.96. The van der Waals surface area contributed by atoms with Crippen molar-refractivity contribution in [3.63, 3.8) is 0 Å². The lowest BCUT2D eigenvalue weighted by atomic mass is 9.97. The first kappa shape index (κ1) is 15.0. The molecule has 1 aliphatic heterocycles. The van der Waals surface area contributed by atoms with Crippen LogP contribution < -0.4 is 4.74 Å².